The molecule has 2 atom stereocenters. The van der Waals surface area contributed by atoms with Crippen LogP contribution in [0.5, 0.6) is 5.88 Å². The monoisotopic (exact) mass is 415 g/mol. The highest BCUT2D eigenvalue weighted by Crippen LogP contribution is 2.37. The van der Waals surface area contributed by atoms with Crippen molar-refractivity contribution >= 4 is 18.0 Å². The topological polar surface area (TPSA) is 120 Å². The van der Waals surface area contributed by atoms with Crippen molar-refractivity contribution in [3.05, 3.63) is 47.0 Å². The van der Waals surface area contributed by atoms with Gasteiger partial charge in [-0.15, -0.1) is 0 Å². The molecule has 0 unspecified atom stereocenters. The van der Waals surface area contributed by atoms with Crippen LogP contribution in [-0.2, 0) is 20.8 Å². The maximum atomic E-state index is 13.7. The first-order valence-electron chi connectivity index (χ1n) is 9.76. The molecular weight excluding hydrogens is 393 g/mol. The Kier molecular flexibility index (Phi) is 5.39. The summed E-state index contributed by atoms with van der Waals surface area (Å²) in [5.74, 6) is -0.367. The summed E-state index contributed by atoms with van der Waals surface area (Å²) in [7, 11) is 0. The standard InChI is InChI=1S/C20H22FN5O4/c1-2-29-20(28)13(7-22)17-23-9-16-18(25-17)26(14-4-3-5-15(14)30-16)10-11-6-12(21)8-24-19(11)27/h6-9,14-15,22-23H,2-5,10H2,1H3,(H,24,27)/b17-13-,22-7?/t14-,15+/m1/s1. The van der Waals surface area contributed by atoms with Gasteiger partial charge in [-0.1, -0.05) is 0 Å². The van der Waals surface area contributed by atoms with Crippen LogP contribution in [0.2, 0.25) is 0 Å². The highest BCUT2D eigenvalue weighted by molar-refractivity contribution is 6.10. The number of carbonyl (C=O) groups excluding carboxylic acids is 1. The fourth-order valence-electron chi connectivity index (χ4n) is 3.94. The van der Waals surface area contributed by atoms with Crippen molar-refractivity contribution in [2.45, 2.75) is 44.9 Å². The third kappa shape index (κ3) is 3.60. The highest BCUT2D eigenvalue weighted by atomic mass is 19.1. The maximum Gasteiger partial charge on any atom is 0.343 e. The Bertz CT molecular complexity index is 974. The molecule has 3 aliphatic rings. The van der Waals surface area contributed by atoms with Crippen LogP contribution in [0.4, 0.5) is 4.39 Å². The zero-order valence-corrected chi connectivity index (χ0v) is 16.4. The van der Waals surface area contributed by atoms with Crippen LogP contribution in [0.15, 0.2) is 40.6 Å². The molecule has 2 aliphatic heterocycles. The van der Waals surface area contributed by atoms with E-state index in [0.29, 0.717) is 17.2 Å². The Hall–Kier alpha value is -3.43. The van der Waals surface area contributed by atoms with E-state index in [-0.39, 0.29) is 42.6 Å². The maximum absolute atomic E-state index is 13.7. The van der Waals surface area contributed by atoms with E-state index < -0.39 is 11.8 Å². The normalized spacial score (nSPS) is 23.9. The van der Waals surface area contributed by atoms with Crippen molar-refractivity contribution in [1.82, 2.24) is 15.2 Å². The molecule has 1 aromatic rings. The van der Waals surface area contributed by atoms with Crippen molar-refractivity contribution in [3.63, 3.8) is 0 Å². The molecule has 4 rings (SSSR count). The van der Waals surface area contributed by atoms with Crippen LogP contribution < -0.4 is 5.32 Å². The zero-order valence-electron chi connectivity index (χ0n) is 16.4. The molecule has 9 nitrogen and oxygen atoms in total. The van der Waals surface area contributed by atoms with Crippen LogP contribution in [0.3, 0.4) is 0 Å². The number of aliphatic imine (C=N–C) groups is 1. The Morgan fingerprint density at radius 1 is 1.53 bits per heavy atom. The predicted molar refractivity (Wildman–Crippen MR) is 105 cm³/mol. The summed E-state index contributed by atoms with van der Waals surface area (Å²) in [6.07, 6.45) is 6.06. The summed E-state index contributed by atoms with van der Waals surface area (Å²) in [4.78, 5) is 22.4. The number of halogens is 1. The highest BCUT2D eigenvalue weighted by Gasteiger charge is 2.43. The number of fused-ring (bicyclic) bond motifs is 2. The van der Waals surface area contributed by atoms with E-state index in [2.05, 4.69) is 15.3 Å². The van der Waals surface area contributed by atoms with Gasteiger partial charge < -0.3 is 30.2 Å². The molecule has 3 N–H and O–H groups in total. The number of amidine groups is 1. The summed E-state index contributed by atoms with van der Waals surface area (Å²) >= 11 is 0. The number of ether oxygens (including phenoxy) is 2. The molecule has 30 heavy (non-hydrogen) atoms. The number of nitrogens with one attached hydrogen (secondary N) is 2. The van der Waals surface area contributed by atoms with Crippen LogP contribution in [0, 0.1) is 11.2 Å². The Balaban J connectivity index is 1.75. The smallest absolute Gasteiger partial charge is 0.343 e. The number of hydrogen-bond acceptors (Lipinski definition) is 9. The van der Waals surface area contributed by atoms with Gasteiger partial charge in [0, 0.05) is 18.0 Å². The number of pyridine rings is 1. The second-order valence-corrected chi connectivity index (χ2v) is 7.13. The largest absolute Gasteiger partial charge is 0.493 e. The average Bonchev–Trinajstić information content (AvgIpc) is 3.20. The molecular formula is C20H22FN5O4. The van der Waals surface area contributed by atoms with Crippen LogP contribution in [-0.4, -0.2) is 51.8 Å². The second kappa shape index (κ2) is 8.13. The van der Waals surface area contributed by atoms with E-state index in [1.165, 1.54) is 6.07 Å². The number of aromatic nitrogens is 1. The van der Waals surface area contributed by atoms with Crippen molar-refractivity contribution in [3.8, 4) is 5.88 Å². The third-order valence-electron chi connectivity index (χ3n) is 5.29. The van der Waals surface area contributed by atoms with Crippen molar-refractivity contribution < 1.29 is 23.8 Å². The minimum Gasteiger partial charge on any atom is -0.493 e. The summed E-state index contributed by atoms with van der Waals surface area (Å²) in [5, 5.41) is 20.6. The third-order valence-corrected chi connectivity index (χ3v) is 5.29. The second-order valence-electron chi connectivity index (χ2n) is 7.13. The first-order chi connectivity index (χ1) is 14.5. The molecule has 0 aromatic carbocycles. The van der Waals surface area contributed by atoms with Crippen molar-refractivity contribution in [2.24, 2.45) is 4.99 Å². The van der Waals surface area contributed by atoms with Gasteiger partial charge >= 0.3 is 5.97 Å². The first-order valence-corrected chi connectivity index (χ1v) is 9.76. The number of esters is 1. The lowest BCUT2D eigenvalue weighted by molar-refractivity contribution is -0.137. The summed E-state index contributed by atoms with van der Waals surface area (Å²) in [5.41, 5.74) is 0.301. The summed E-state index contributed by atoms with van der Waals surface area (Å²) in [6.45, 7) is 2.02. The number of morpholine rings is 1. The minimum atomic E-state index is -0.662. The van der Waals surface area contributed by atoms with Crippen LogP contribution in [0.1, 0.15) is 31.7 Å². The van der Waals surface area contributed by atoms with Gasteiger partial charge in [-0.3, -0.25) is 0 Å². The Morgan fingerprint density at radius 3 is 3.13 bits per heavy atom. The number of hydrogen-bond donors (Lipinski definition) is 3. The lowest BCUT2D eigenvalue weighted by Gasteiger charge is -2.42. The molecule has 1 saturated heterocycles. The lowest BCUT2D eigenvalue weighted by atomic mass is 10.1. The van der Waals surface area contributed by atoms with Crippen molar-refractivity contribution in [1.29, 1.82) is 5.41 Å². The van der Waals surface area contributed by atoms with E-state index >= 15 is 0 Å². The van der Waals surface area contributed by atoms with Gasteiger partial charge in [0.05, 0.1) is 25.4 Å². The summed E-state index contributed by atoms with van der Waals surface area (Å²) < 4.78 is 24.8. The minimum absolute atomic E-state index is 0.0195. The first kappa shape index (κ1) is 19.9. The molecule has 1 aromatic heterocycles. The van der Waals surface area contributed by atoms with E-state index in [1.54, 1.807) is 13.1 Å². The molecule has 158 valence electrons. The molecule has 1 aliphatic carbocycles. The molecule has 0 radical (unpaired) electrons. The molecule has 1 saturated carbocycles. The number of aromatic hydroxyl groups is 1. The average molecular weight is 415 g/mol. The fraction of sp³-hybridized carbons (Fsp3) is 0.400. The fourth-order valence-corrected chi connectivity index (χ4v) is 3.94. The van der Waals surface area contributed by atoms with Crippen LogP contribution in [0.25, 0.3) is 0 Å². The van der Waals surface area contributed by atoms with Gasteiger partial charge in [0.15, 0.2) is 11.6 Å². The van der Waals surface area contributed by atoms with Gasteiger partial charge in [0.25, 0.3) is 0 Å². The number of nitrogens with zero attached hydrogens (tertiary/aromatic N) is 3. The lowest BCUT2D eigenvalue weighted by Crippen LogP contribution is -2.51. The Morgan fingerprint density at radius 2 is 2.37 bits per heavy atom. The zero-order chi connectivity index (χ0) is 21.3. The van der Waals surface area contributed by atoms with Crippen LogP contribution >= 0.6 is 0 Å². The van der Waals surface area contributed by atoms with Gasteiger partial charge in [-0.05, 0) is 32.3 Å². The van der Waals surface area contributed by atoms with E-state index in [4.69, 9.17) is 14.9 Å². The molecule has 10 heteroatoms. The Labute approximate surface area is 172 Å². The van der Waals surface area contributed by atoms with E-state index in [1.807, 2.05) is 4.90 Å². The van der Waals surface area contributed by atoms with Gasteiger partial charge in [0.1, 0.15) is 23.3 Å². The molecule has 0 bridgehead atoms. The molecule has 3 heterocycles. The van der Waals surface area contributed by atoms with E-state index in [9.17, 15) is 14.3 Å². The van der Waals surface area contributed by atoms with Gasteiger partial charge in [-0.25, -0.2) is 19.2 Å². The molecule has 2 fully saturated rings. The summed E-state index contributed by atoms with van der Waals surface area (Å²) in [6, 6.07) is 1.22. The quantitative estimate of drug-likeness (QED) is 0.382. The van der Waals surface area contributed by atoms with E-state index in [0.717, 1.165) is 31.7 Å². The molecule has 0 spiro atoms. The number of carbonyl (C=O) groups is 1. The SMILES string of the molecule is CCOC(=O)/C(C=N)=C1\N=C2C(=CN1)O[C@H]1CCC[C@H]1N2Cc1cc(F)cnc1O. The van der Waals surface area contributed by atoms with Gasteiger partial charge in [-0.2, -0.15) is 0 Å². The predicted octanol–water partition coefficient (Wildman–Crippen LogP) is 1.95. The van der Waals surface area contributed by atoms with Crippen molar-refractivity contribution in [2.75, 3.05) is 6.61 Å². The number of rotatable bonds is 5. The molecule has 0 amide bonds. The van der Waals surface area contributed by atoms with Gasteiger partial charge in [0.2, 0.25) is 5.88 Å².